The standard InChI is InChI=1S/C14H21N/c1-11-7-5-6-8-12(11)13(9-10-15)14(2,3)4/h5-9H,10,15H2,1-4H3/b13-9+. The van der Waals surface area contributed by atoms with Gasteiger partial charge in [0, 0.05) is 6.54 Å². The Kier molecular flexibility index (Phi) is 3.70. The van der Waals surface area contributed by atoms with Crippen molar-refractivity contribution in [1.82, 2.24) is 0 Å². The first-order valence-corrected chi connectivity index (χ1v) is 5.43. The average Bonchev–Trinajstić information content (AvgIpc) is 2.14. The van der Waals surface area contributed by atoms with Crippen LogP contribution < -0.4 is 5.73 Å². The van der Waals surface area contributed by atoms with Crippen LogP contribution in [0.15, 0.2) is 30.3 Å². The molecule has 15 heavy (non-hydrogen) atoms. The molecule has 0 atom stereocenters. The summed E-state index contributed by atoms with van der Waals surface area (Å²) in [6.45, 7) is 9.41. The maximum Gasteiger partial charge on any atom is 0.0113 e. The third kappa shape index (κ3) is 2.93. The molecular weight excluding hydrogens is 182 g/mol. The molecule has 1 nitrogen and oxygen atoms in total. The topological polar surface area (TPSA) is 26.0 Å². The Morgan fingerprint density at radius 1 is 1.27 bits per heavy atom. The van der Waals surface area contributed by atoms with Gasteiger partial charge in [-0.15, -0.1) is 0 Å². The fourth-order valence-electron chi connectivity index (χ4n) is 1.81. The second kappa shape index (κ2) is 4.63. The fraction of sp³-hybridized carbons (Fsp3) is 0.429. The number of aryl methyl sites for hydroxylation is 1. The van der Waals surface area contributed by atoms with E-state index in [2.05, 4.69) is 58.0 Å². The highest BCUT2D eigenvalue weighted by Crippen LogP contribution is 2.35. The zero-order valence-electron chi connectivity index (χ0n) is 10.2. The minimum absolute atomic E-state index is 0.144. The summed E-state index contributed by atoms with van der Waals surface area (Å²) >= 11 is 0. The van der Waals surface area contributed by atoms with Gasteiger partial charge in [0.2, 0.25) is 0 Å². The summed E-state index contributed by atoms with van der Waals surface area (Å²) in [6.07, 6.45) is 2.13. The van der Waals surface area contributed by atoms with Crippen LogP contribution in [-0.4, -0.2) is 6.54 Å². The van der Waals surface area contributed by atoms with Crippen LogP contribution in [0.3, 0.4) is 0 Å². The van der Waals surface area contributed by atoms with E-state index in [4.69, 9.17) is 5.73 Å². The first-order valence-electron chi connectivity index (χ1n) is 5.43. The van der Waals surface area contributed by atoms with Crippen LogP contribution in [0.1, 0.15) is 31.9 Å². The summed E-state index contributed by atoms with van der Waals surface area (Å²) in [7, 11) is 0. The molecule has 0 bridgehead atoms. The second-order valence-corrected chi connectivity index (χ2v) is 4.92. The lowest BCUT2D eigenvalue weighted by Crippen LogP contribution is -2.11. The molecule has 2 N–H and O–H groups in total. The summed E-state index contributed by atoms with van der Waals surface area (Å²) in [6, 6.07) is 8.47. The lowest BCUT2D eigenvalue weighted by molar-refractivity contribution is 0.565. The van der Waals surface area contributed by atoms with Gasteiger partial charge in [0.05, 0.1) is 0 Å². The highest BCUT2D eigenvalue weighted by atomic mass is 14.5. The Bertz CT molecular complexity index is 356. The van der Waals surface area contributed by atoms with Crippen LogP contribution in [0.25, 0.3) is 5.57 Å². The van der Waals surface area contributed by atoms with Gasteiger partial charge in [0.1, 0.15) is 0 Å². The van der Waals surface area contributed by atoms with Crippen molar-refractivity contribution in [3.8, 4) is 0 Å². The van der Waals surface area contributed by atoms with E-state index in [1.807, 2.05) is 0 Å². The van der Waals surface area contributed by atoms with Gasteiger partial charge >= 0.3 is 0 Å². The zero-order valence-corrected chi connectivity index (χ0v) is 10.2. The molecule has 1 heteroatoms. The van der Waals surface area contributed by atoms with Gasteiger partial charge in [-0.3, -0.25) is 0 Å². The average molecular weight is 203 g/mol. The first kappa shape index (κ1) is 12.0. The number of nitrogens with two attached hydrogens (primary N) is 1. The molecule has 0 saturated carbocycles. The molecule has 0 aliphatic rings. The third-order valence-electron chi connectivity index (χ3n) is 2.57. The van der Waals surface area contributed by atoms with Crippen LogP contribution in [0, 0.1) is 12.3 Å². The molecule has 0 amide bonds. The van der Waals surface area contributed by atoms with Crippen molar-refractivity contribution in [1.29, 1.82) is 0 Å². The molecule has 0 aliphatic carbocycles. The molecular formula is C14H21N. The number of benzene rings is 1. The van der Waals surface area contributed by atoms with E-state index in [1.165, 1.54) is 16.7 Å². The Balaban J connectivity index is 3.24. The minimum atomic E-state index is 0.144. The van der Waals surface area contributed by atoms with E-state index in [0.29, 0.717) is 6.54 Å². The third-order valence-corrected chi connectivity index (χ3v) is 2.57. The highest BCUT2D eigenvalue weighted by Gasteiger charge is 2.19. The van der Waals surface area contributed by atoms with E-state index in [1.54, 1.807) is 0 Å². The van der Waals surface area contributed by atoms with Gasteiger partial charge in [-0.2, -0.15) is 0 Å². The maximum atomic E-state index is 5.64. The number of hydrogen-bond donors (Lipinski definition) is 1. The van der Waals surface area contributed by atoms with Crippen molar-refractivity contribution in [2.24, 2.45) is 11.1 Å². The Morgan fingerprint density at radius 3 is 2.33 bits per heavy atom. The van der Waals surface area contributed by atoms with Crippen molar-refractivity contribution >= 4 is 5.57 Å². The summed E-state index contributed by atoms with van der Waals surface area (Å²) in [5.74, 6) is 0. The van der Waals surface area contributed by atoms with Gasteiger partial charge < -0.3 is 5.73 Å². The van der Waals surface area contributed by atoms with Crippen LogP contribution in [0.2, 0.25) is 0 Å². The predicted octanol–water partition coefficient (Wildman–Crippen LogP) is 3.38. The Hall–Kier alpha value is -1.08. The van der Waals surface area contributed by atoms with Crippen LogP contribution in [-0.2, 0) is 0 Å². The lowest BCUT2D eigenvalue weighted by atomic mass is 9.80. The van der Waals surface area contributed by atoms with E-state index < -0.39 is 0 Å². The van der Waals surface area contributed by atoms with E-state index in [-0.39, 0.29) is 5.41 Å². The summed E-state index contributed by atoms with van der Waals surface area (Å²) < 4.78 is 0. The van der Waals surface area contributed by atoms with Crippen LogP contribution in [0.5, 0.6) is 0 Å². The molecule has 0 fully saturated rings. The maximum absolute atomic E-state index is 5.64. The molecule has 0 unspecified atom stereocenters. The summed E-state index contributed by atoms with van der Waals surface area (Å²) in [4.78, 5) is 0. The fourth-order valence-corrected chi connectivity index (χ4v) is 1.81. The van der Waals surface area contributed by atoms with Crippen molar-refractivity contribution in [3.05, 3.63) is 41.5 Å². The van der Waals surface area contributed by atoms with E-state index >= 15 is 0 Å². The van der Waals surface area contributed by atoms with Gasteiger partial charge in [-0.25, -0.2) is 0 Å². The quantitative estimate of drug-likeness (QED) is 0.783. The minimum Gasteiger partial charge on any atom is -0.327 e. The first-order chi connectivity index (χ1) is 6.96. The van der Waals surface area contributed by atoms with Crippen LogP contribution >= 0.6 is 0 Å². The summed E-state index contributed by atoms with van der Waals surface area (Å²) in [5.41, 5.74) is 9.75. The SMILES string of the molecule is Cc1ccccc1/C(=C\CN)C(C)(C)C. The largest absolute Gasteiger partial charge is 0.327 e. The normalized spacial score (nSPS) is 13.0. The number of allylic oxidation sites excluding steroid dienone is 1. The van der Waals surface area contributed by atoms with E-state index in [9.17, 15) is 0 Å². The Labute approximate surface area is 93.0 Å². The molecule has 0 radical (unpaired) electrons. The highest BCUT2D eigenvalue weighted by molar-refractivity contribution is 5.71. The number of rotatable bonds is 2. The van der Waals surface area contributed by atoms with Crippen molar-refractivity contribution in [3.63, 3.8) is 0 Å². The van der Waals surface area contributed by atoms with E-state index in [0.717, 1.165) is 0 Å². The van der Waals surface area contributed by atoms with Gasteiger partial charge in [-0.1, -0.05) is 51.1 Å². The second-order valence-electron chi connectivity index (χ2n) is 4.92. The molecule has 1 aromatic rings. The summed E-state index contributed by atoms with van der Waals surface area (Å²) in [5, 5.41) is 0. The van der Waals surface area contributed by atoms with Gasteiger partial charge in [0.25, 0.3) is 0 Å². The zero-order chi connectivity index (χ0) is 11.5. The lowest BCUT2D eigenvalue weighted by Gasteiger charge is -2.25. The van der Waals surface area contributed by atoms with Crippen molar-refractivity contribution in [2.45, 2.75) is 27.7 Å². The number of hydrogen-bond acceptors (Lipinski definition) is 1. The van der Waals surface area contributed by atoms with Crippen molar-refractivity contribution < 1.29 is 0 Å². The van der Waals surface area contributed by atoms with Crippen LogP contribution in [0.4, 0.5) is 0 Å². The van der Waals surface area contributed by atoms with Gasteiger partial charge in [0.15, 0.2) is 0 Å². The molecule has 0 aliphatic heterocycles. The molecule has 1 aromatic carbocycles. The predicted molar refractivity (Wildman–Crippen MR) is 67.7 cm³/mol. The smallest absolute Gasteiger partial charge is 0.0113 e. The molecule has 0 aromatic heterocycles. The molecule has 82 valence electrons. The monoisotopic (exact) mass is 203 g/mol. The van der Waals surface area contributed by atoms with Gasteiger partial charge in [-0.05, 0) is 29.0 Å². The van der Waals surface area contributed by atoms with Crippen molar-refractivity contribution in [2.75, 3.05) is 6.54 Å². The molecule has 0 spiro atoms. The Morgan fingerprint density at radius 2 is 1.87 bits per heavy atom. The molecule has 1 rings (SSSR count). The molecule has 0 heterocycles. The molecule has 0 saturated heterocycles.